The van der Waals surface area contributed by atoms with E-state index in [1.165, 1.54) is 6.08 Å². The first-order chi connectivity index (χ1) is 9.04. The fourth-order valence-corrected chi connectivity index (χ4v) is 1.51. The van der Waals surface area contributed by atoms with E-state index in [-0.39, 0.29) is 11.7 Å². The third kappa shape index (κ3) is 8.36. The first-order valence-electron chi connectivity index (χ1n) is 7.12. The van der Waals surface area contributed by atoms with E-state index in [9.17, 15) is 4.39 Å². The van der Waals surface area contributed by atoms with Gasteiger partial charge >= 0.3 is 0 Å². The van der Waals surface area contributed by atoms with Crippen molar-refractivity contribution < 1.29 is 4.39 Å². The lowest BCUT2D eigenvalue weighted by molar-refractivity contribution is 0.620. The predicted octanol–water partition coefficient (Wildman–Crippen LogP) is 6.30. The smallest absolute Gasteiger partial charge is 0.119 e. The van der Waals surface area contributed by atoms with Crippen LogP contribution in [0.15, 0.2) is 60.0 Å². The molecule has 0 aromatic heterocycles. The van der Waals surface area contributed by atoms with Crippen LogP contribution in [0.1, 0.15) is 47.0 Å². The van der Waals surface area contributed by atoms with Crippen molar-refractivity contribution in [2.45, 2.75) is 47.0 Å². The molecule has 0 aliphatic heterocycles. The van der Waals surface area contributed by atoms with E-state index in [4.69, 9.17) is 0 Å². The summed E-state index contributed by atoms with van der Waals surface area (Å²) in [5.74, 6) is 0.0781. The van der Waals surface area contributed by atoms with E-state index < -0.39 is 0 Å². The normalized spacial score (nSPS) is 15.4. The van der Waals surface area contributed by atoms with Crippen molar-refractivity contribution in [3.05, 3.63) is 60.0 Å². The Balaban J connectivity index is 4.77. The Labute approximate surface area is 118 Å². The van der Waals surface area contributed by atoms with Gasteiger partial charge in [0.15, 0.2) is 0 Å². The summed E-state index contributed by atoms with van der Waals surface area (Å²) in [6.45, 7) is 12.2. The van der Waals surface area contributed by atoms with Crippen molar-refractivity contribution in [2.24, 2.45) is 5.92 Å². The molecule has 0 aromatic rings. The van der Waals surface area contributed by atoms with Gasteiger partial charge in [-0.1, -0.05) is 58.1 Å². The molecule has 0 bridgehead atoms. The molecule has 1 heteroatoms. The van der Waals surface area contributed by atoms with Crippen LogP contribution in [0.25, 0.3) is 0 Å². The maximum Gasteiger partial charge on any atom is 0.119 e. The quantitative estimate of drug-likeness (QED) is 0.450. The molecule has 0 saturated heterocycles. The number of allylic oxidation sites excluding steroid dienone is 9. The molecule has 0 heterocycles. The molecule has 0 nitrogen and oxygen atoms in total. The lowest BCUT2D eigenvalue weighted by Crippen LogP contribution is -1.86. The second kappa shape index (κ2) is 10.5. The largest absolute Gasteiger partial charge is 0.207 e. The molecule has 0 N–H and O–H groups in total. The monoisotopic (exact) mass is 262 g/mol. The summed E-state index contributed by atoms with van der Waals surface area (Å²) < 4.78 is 13.6. The molecular formula is C18H27F. The first-order valence-corrected chi connectivity index (χ1v) is 7.12. The van der Waals surface area contributed by atoms with Crippen molar-refractivity contribution >= 4 is 0 Å². The summed E-state index contributed by atoms with van der Waals surface area (Å²) in [7, 11) is 0. The number of unbranched alkanes of at least 4 members (excludes halogenated alkanes) is 1. The Morgan fingerprint density at radius 2 is 1.89 bits per heavy atom. The zero-order chi connectivity index (χ0) is 14.7. The van der Waals surface area contributed by atoms with Crippen LogP contribution in [0.4, 0.5) is 4.39 Å². The van der Waals surface area contributed by atoms with Crippen molar-refractivity contribution in [3.8, 4) is 0 Å². The highest BCUT2D eigenvalue weighted by Crippen LogP contribution is 2.15. The van der Waals surface area contributed by atoms with Crippen molar-refractivity contribution in [2.75, 3.05) is 0 Å². The van der Waals surface area contributed by atoms with E-state index in [2.05, 4.69) is 26.5 Å². The van der Waals surface area contributed by atoms with E-state index in [1.807, 2.05) is 26.0 Å². The van der Waals surface area contributed by atoms with Gasteiger partial charge in [-0.05, 0) is 49.0 Å². The number of hydrogen-bond acceptors (Lipinski definition) is 0. The maximum atomic E-state index is 13.6. The average molecular weight is 262 g/mol. The Hall–Kier alpha value is -1.37. The fourth-order valence-electron chi connectivity index (χ4n) is 1.51. The number of rotatable bonds is 8. The van der Waals surface area contributed by atoms with Crippen LogP contribution in [0, 0.1) is 5.92 Å². The van der Waals surface area contributed by atoms with Crippen molar-refractivity contribution in [3.63, 3.8) is 0 Å². The summed E-state index contributed by atoms with van der Waals surface area (Å²) in [6.07, 6.45) is 14.1. The highest BCUT2D eigenvalue weighted by Gasteiger charge is 1.98. The minimum atomic E-state index is -0.189. The average Bonchev–Trinajstić information content (AvgIpc) is 2.40. The Morgan fingerprint density at radius 3 is 2.42 bits per heavy atom. The van der Waals surface area contributed by atoms with Crippen molar-refractivity contribution in [1.82, 2.24) is 0 Å². The second-order valence-corrected chi connectivity index (χ2v) is 4.74. The van der Waals surface area contributed by atoms with Gasteiger partial charge in [-0.3, -0.25) is 0 Å². The van der Waals surface area contributed by atoms with Crippen LogP contribution in [0.3, 0.4) is 0 Å². The van der Waals surface area contributed by atoms with Crippen LogP contribution >= 0.6 is 0 Å². The summed E-state index contributed by atoms with van der Waals surface area (Å²) in [6, 6.07) is 0. The lowest BCUT2D eigenvalue weighted by Gasteiger charge is -2.02. The zero-order valence-electron chi connectivity index (χ0n) is 12.7. The van der Waals surface area contributed by atoms with Crippen LogP contribution in [-0.2, 0) is 0 Å². The summed E-state index contributed by atoms with van der Waals surface area (Å²) in [4.78, 5) is 0. The van der Waals surface area contributed by atoms with Crippen LogP contribution < -0.4 is 0 Å². The Kier molecular flexibility index (Phi) is 9.78. The Bertz CT molecular complexity index is 380. The van der Waals surface area contributed by atoms with Crippen LogP contribution in [0.2, 0.25) is 0 Å². The number of halogens is 1. The van der Waals surface area contributed by atoms with Gasteiger partial charge in [-0.25, -0.2) is 4.39 Å². The zero-order valence-corrected chi connectivity index (χ0v) is 12.7. The fraction of sp³-hybridized carbons (Fsp3) is 0.444. The van der Waals surface area contributed by atoms with E-state index >= 15 is 0 Å². The molecule has 0 aliphatic rings. The van der Waals surface area contributed by atoms with Gasteiger partial charge in [0.05, 0.1) is 0 Å². The van der Waals surface area contributed by atoms with Gasteiger partial charge in [-0.2, -0.15) is 0 Å². The van der Waals surface area contributed by atoms with E-state index in [1.54, 1.807) is 12.2 Å². The molecule has 0 amide bonds. The van der Waals surface area contributed by atoms with Crippen LogP contribution in [-0.4, -0.2) is 0 Å². The summed E-state index contributed by atoms with van der Waals surface area (Å²) >= 11 is 0. The number of hydrogen-bond donors (Lipinski definition) is 0. The molecule has 0 saturated carbocycles. The van der Waals surface area contributed by atoms with Gasteiger partial charge < -0.3 is 0 Å². The van der Waals surface area contributed by atoms with Crippen molar-refractivity contribution in [1.29, 1.82) is 0 Å². The van der Waals surface area contributed by atoms with E-state index in [0.29, 0.717) is 0 Å². The lowest BCUT2D eigenvalue weighted by atomic mass is 10.0. The minimum Gasteiger partial charge on any atom is -0.207 e. The standard InChI is InChI=1S/C18H27F/c1-6-9-11-17(10-7-2)16(5)12-13-18(19)14-15(4)8-3/h7,10-15H,5-6,8-9H2,1-4H3/b10-7-,13-12-,17-11-,18-14+. The summed E-state index contributed by atoms with van der Waals surface area (Å²) in [5.41, 5.74) is 1.91. The third-order valence-electron chi connectivity index (χ3n) is 2.90. The molecule has 0 aromatic carbocycles. The van der Waals surface area contributed by atoms with Gasteiger partial charge in [0.2, 0.25) is 0 Å². The molecule has 1 unspecified atom stereocenters. The van der Waals surface area contributed by atoms with Gasteiger partial charge in [0, 0.05) is 0 Å². The molecule has 0 radical (unpaired) electrons. The molecule has 0 spiro atoms. The molecule has 1 atom stereocenters. The van der Waals surface area contributed by atoms with Gasteiger partial charge in [-0.15, -0.1) is 0 Å². The highest BCUT2D eigenvalue weighted by atomic mass is 19.1. The van der Waals surface area contributed by atoms with Crippen LogP contribution in [0.5, 0.6) is 0 Å². The van der Waals surface area contributed by atoms with E-state index in [0.717, 1.165) is 30.4 Å². The molecule has 0 fully saturated rings. The Morgan fingerprint density at radius 1 is 1.21 bits per heavy atom. The predicted molar refractivity (Wildman–Crippen MR) is 84.7 cm³/mol. The summed E-state index contributed by atoms with van der Waals surface area (Å²) in [5, 5.41) is 0. The maximum absolute atomic E-state index is 13.6. The molecular weight excluding hydrogens is 235 g/mol. The molecule has 19 heavy (non-hydrogen) atoms. The molecule has 0 rings (SSSR count). The molecule has 0 aliphatic carbocycles. The topological polar surface area (TPSA) is 0 Å². The minimum absolute atomic E-state index is 0.189. The highest BCUT2D eigenvalue weighted by molar-refractivity contribution is 5.45. The van der Waals surface area contributed by atoms with Gasteiger partial charge in [0.1, 0.15) is 5.83 Å². The SMILES string of the molecule is C=C(/C=C\C(F)=C/C(C)CC)C(/C=C\C)=C\CCC. The van der Waals surface area contributed by atoms with Gasteiger partial charge in [0.25, 0.3) is 0 Å². The second-order valence-electron chi connectivity index (χ2n) is 4.74. The first kappa shape index (κ1) is 17.6. The molecule has 106 valence electrons. The third-order valence-corrected chi connectivity index (χ3v) is 2.90.